The lowest BCUT2D eigenvalue weighted by Crippen LogP contribution is -2.42. The van der Waals surface area contributed by atoms with E-state index in [9.17, 15) is 9.59 Å². The molecule has 1 N–H and O–H groups in total. The van der Waals surface area contributed by atoms with E-state index in [-0.39, 0.29) is 23.7 Å². The zero-order valence-corrected chi connectivity index (χ0v) is 9.58. The third-order valence-corrected chi connectivity index (χ3v) is 2.92. The molecule has 0 aromatic heterocycles. The number of nitrogens with one attached hydrogen (secondary N) is 1. The predicted molar refractivity (Wildman–Crippen MR) is 56.4 cm³/mol. The van der Waals surface area contributed by atoms with Crippen LogP contribution in [-0.4, -0.2) is 30.4 Å². The number of hydrogen-bond acceptors (Lipinski definition) is 3. The van der Waals surface area contributed by atoms with Gasteiger partial charge in [0, 0.05) is 6.61 Å². The minimum Gasteiger partial charge on any atom is -0.377 e. The number of rotatable bonds is 4. The highest BCUT2D eigenvalue weighted by atomic mass is 16.5. The summed E-state index contributed by atoms with van der Waals surface area (Å²) < 4.78 is 5.43. The van der Waals surface area contributed by atoms with Gasteiger partial charge in [0.25, 0.3) is 0 Å². The average Bonchev–Trinajstić information content (AvgIpc) is 2.64. The van der Waals surface area contributed by atoms with Crippen molar-refractivity contribution in [1.29, 1.82) is 0 Å². The van der Waals surface area contributed by atoms with Gasteiger partial charge in [-0.25, -0.2) is 0 Å². The SMILES string of the molecule is CCC1OCCC1C(=O)NC(C)C(C)=O. The first-order valence-electron chi connectivity index (χ1n) is 5.48. The van der Waals surface area contributed by atoms with Gasteiger partial charge in [0.05, 0.1) is 18.1 Å². The Morgan fingerprint density at radius 2 is 2.20 bits per heavy atom. The van der Waals surface area contributed by atoms with Crippen LogP contribution in [0.3, 0.4) is 0 Å². The van der Waals surface area contributed by atoms with E-state index in [0.29, 0.717) is 6.61 Å². The molecule has 0 aliphatic carbocycles. The first kappa shape index (κ1) is 12.2. The Labute approximate surface area is 90.4 Å². The summed E-state index contributed by atoms with van der Waals surface area (Å²) in [5.74, 6) is -0.158. The first-order valence-corrected chi connectivity index (χ1v) is 5.48. The van der Waals surface area contributed by atoms with Crippen LogP contribution in [0.4, 0.5) is 0 Å². The van der Waals surface area contributed by atoms with Crippen molar-refractivity contribution in [2.45, 2.75) is 45.8 Å². The molecule has 3 unspecified atom stereocenters. The van der Waals surface area contributed by atoms with Gasteiger partial charge in [-0.2, -0.15) is 0 Å². The van der Waals surface area contributed by atoms with Crippen LogP contribution in [0.2, 0.25) is 0 Å². The molecule has 0 saturated carbocycles. The first-order chi connectivity index (χ1) is 7.06. The molecule has 3 atom stereocenters. The highest BCUT2D eigenvalue weighted by Crippen LogP contribution is 2.23. The number of carbonyl (C=O) groups excluding carboxylic acids is 2. The summed E-state index contributed by atoms with van der Waals surface area (Å²) >= 11 is 0. The molecular formula is C11H19NO3. The van der Waals surface area contributed by atoms with Crippen molar-refractivity contribution in [3.05, 3.63) is 0 Å². The van der Waals surface area contributed by atoms with Gasteiger partial charge in [0.1, 0.15) is 0 Å². The van der Waals surface area contributed by atoms with Gasteiger partial charge in [0.2, 0.25) is 5.91 Å². The summed E-state index contributed by atoms with van der Waals surface area (Å²) in [6.45, 7) is 5.83. The molecule has 1 aliphatic heterocycles. The van der Waals surface area contributed by atoms with Crippen LogP contribution < -0.4 is 5.32 Å². The molecular weight excluding hydrogens is 194 g/mol. The lowest BCUT2D eigenvalue weighted by atomic mass is 9.98. The molecule has 1 heterocycles. The molecule has 0 aromatic carbocycles. The van der Waals surface area contributed by atoms with E-state index < -0.39 is 6.04 Å². The van der Waals surface area contributed by atoms with Gasteiger partial charge in [-0.3, -0.25) is 9.59 Å². The van der Waals surface area contributed by atoms with Gasteiger partial charge in [-0.1, -0.05) is 6.92 Å². The number of ketones is 1. The highest BCUT2D eigenvalue weighted by Gasteiger charge is 2.33. The van der Waals surface area contributed by atoms with Crippen molar-refractivity contribution in [3.63, 3.8) is 0 Å². The van der Waals surface area contributed by atoms with E-state index in [2.05, 4.69) is 5.32 Å². The Morgan fingerprint density at radius 1 is 1.53 bits per heavy atom. The monoisotopic (exact) mass is 213 g/mol. The molecule has 0 radical (unpaired) electrons. The van der Waals surface area contributed by atoms with Crippen molar-refractivity contribution in [3.8, 4) is 0 Å². The largest absolute Gasteiger partial charge is 0.377 e. The van der Waals surface area contributed by atoms with Gasteiger partial charge in [-0.05, 0) is 26.7 Å². The Hall–Kier alpha value is -0.900. The van der Waals surface area contributed by atoms with Crippen LogP contribution in [0, 0.1) is 5.92 Å². The summed E-state index contributed by atoms with van der Waals surface area (Å²) in [6.07, 6.45) is 1.62. The minimum atomic E-state index is -0.393. The predicted octanol–water partition coefficient (Wildman–Crippen LogP) is 0.895. The second-order valence-corrected chi connectivity index (χ2v) is 4.05. The van der Waals surface area contributed by atoms with E-state index in [4.69, 9.17) is 4.74 Å². The Bertz CT molecular complexity index is 252. The fourth-order valence-electron chi connectivity index (χ4n) is 1.77. The molecule has 15 heavy (non-hydrogen) atoms. The fraction of sp³-hybridized carbons (Fsp3) is 0.818. The van der Waals surface area contributed by atoms with Crippen molar-refractivity contribution in [2.75, 3.05) is 6.61 Å². The second kappa shape index (κ2) is 5.26. The van der Waals surface area contributed by atoms with Crippen molar-refractivity contribution >= 4 is 11.7 Å². The smallest absolute Gasteiger partial charge is 0.226 e. The minimum absolute atomic E-state index is 0.0177. The number of carbonyl (C=O) groups is 2. The topological polar surface area (TPSA) is 55.4 Å². The van der Waals surface area contributed by atoms with Gasteiger partial charge in [0.15, 0.2) is 5.78 Å². The molecule has 0 spiro atoms. The lowest BCUT2D eigenvalue weighted by Gasteiger charge is -2.18. The third kappa shape index (κ3) is 3.02. The maximum Gasteiger partial charge on any atom is 0.226 e. The number of amides is 1. The van der Waals surface area contributed by atoms with Crippen LogP contribution in [0.25, 0.3) is 0 Å². The van der Waals surface area contributed by atoms with Crippen molar-refractivity contribution in [2.24, 2.45) is 5.92 Å². The van der Waals surface area contributed by atoms with Crippen LogP contribution >= 0.6 is 0 Å². The van der Waals surface area contributed by atoms with Crippen LogP contribution in [-0.2, 0) is 14.3 Å². The molecule has 4 heteroatoms. The number of ether oxygens (including phenoxy) is 1. The molecule has 1 aliphatic rings. The molecule has 1 rings (SSSR count). The Morgan fingerprint density at radius 3 is 2.73 bits per heavy atom. The van der Waals surface area contributed by atoms with Crippen LogP contribution in [0.5, 0.6) is 0 Å². The summed E-state index contributed by atoms with van der Waals surface area (Å²) in [4.78, 5) is 22.8. The quantitative estimate of drug-likeness (QED) is 0.754. The fourth-order valence-corrected chi connectivity index (χ4v) is 1.77. The maximum atomic E-state index is 11.8. The molecule has 1 amide bonds. The van der Waals surface area contributed by atoms with Gasteiger partial charge < -0.3 is 10.1 Å². The third-order valence-electron chi connectivity index (χ3n) is 2.92. The van der Waals surface area contributed by atoms with E-state index in [1.54, 1.807) is 6.92 Å². The summed E-state index contributed by atoms with van der Waals surface area (Å²) in [5.41, 5.74) is 0. The molecule has 0 aromatic rings. The average molecular weight is 213 g/mol. The molecule has 0 bridgehead atoms. The van der Waals surface area contributed by atoms with Gasteiger partial charge >= 0.3 is 0 Å². The summed E-state index contributed by atoms with van der Waals surface area (Å²) in [5, 5.41) is 2.72. The van der Waals surface area contributed by atoms with E-state index in [0.717, 1.165) is 12.8 Å². The number of Topliss-reactive ketones (excluding diaryl/α,β-unsaturated/α-hetero) is 1. The van der Waals surface area contributed by atoms with Crippen LogP contribution in [0.15, 0.2) is 0 Å². The molecule has 1 fully saturated rings. The van der Waals surface area contributed by atoms with E-state index in [1.165, 1.54) is 6.92 Å². The summed E-state index contributed by atoms with van der Waals surface area (Å²) in [7, 11) is 0. The summed E-state index contributed by atoms with van der Waals surface area (Å²) in [6, 6.07) is -0.393. The highest BCUT2D eigenvalue weighted by molar-refractivity contribution is 5.88. The second-order valence-electron chi connectivity index (χ2n) is 4.05. The number of hydrogen-bond donors (Lipinski definition) is 1. The van der Waals surface area contributed by atoms with Crippen molar-refractivity contribution in [1.82, 2.24) is 5.32 Å². The molecule has 86 valence electrons. The zero-order chi connectivity index (χ0) is 11.4. The molecule has 1 saturated heterocycles. The lowest BCUT2D eigenvalue weighted by molar-refractivity contribution is -0.130. The van der Waals surface area contributed by atoms with Gasteiger partial charge in [-0.15, -0.1) is 0 Å². The maximum absolute atomic E-state index is 11.8. The standard InChI is InChI=1S/C11H19NO3/c1-4-10-9(5-6-15-10)11(14)12-7(2)8(3)13/h7,9-10H,4-6H2,1-3H3,(H,12,14). The van der Waals surface area contributed by atoms with E-state index in [1.807, 2.05) is 6.92 Å². The Balaban J connectivity index is 2.49. The van der Waals surface area contributed by atoms with E-state index >= 15 is 0 Å². The van der Waals surface area contributed by atoms with Crippen LogP contribution in [0.1, 0.15) is 33.6 Å². The zero-order valence-electron chi connectivity index (χ0n) is 9.58. The Kier molecular flexibility index (Phi) is 4.27. The van der Waals surface area contributed by atoms with Crippen molar-refractivity contribution < 1.29 is 14.3 Å². The normalized spacial score (nSPS) is 27.4. The molecule has 4 nitrogen and oxygen atoms in total.